The van der Waals surface area contributed by atoms with Gasteiger partial charge in [-0.2, -0.15) is 18.4 Å². The van der Waals surface area contributed by atoms with Gasteiger partial charge in [-0.05, 0) is 217 Å². The topological polar surface area (TPSA) is 454 Å². The molecule has 744 valence electrons. The normalized spacial score (nSPS) is 20.0. The van der Waals surface area contributed by atoms with Crippen molar-refractivity contribution in [3.05, 3.63) is 203 Å². The van der Waals surface area contributed by atoms with Gasteiger partial charge in [0.15, 0.2) is 9.84 Å². The van der Waals surface area contributed by atoms with Gasteiger partial charge in [-0.15, -0.1) is 0 Å². The highest BCUT2D eigenvalue weighted by atomic mass is 32.2. The highest BCUT2D eigenvalue weighted by Gasteiger charge is 2.44. The van der Waals surface area contributed by atoms with Crippen molar-refractivity contribution in [2.75, 3.05) is 140 Å². The molecule has 8 N–H and O–H groups in total. The molecule has 12 aromatic rings. The predicted octanol–water partition coefficient (Wildman–Crippen LogP) is 13.0. The van der Waals surface area contributed by atoms with E-state index in [0.29, 0.717) is 190 Å². The lowest BCUT2D eigenvalue weighted by molar-refractivity contribution is -0.137. The number of sulfone groups is 1. The van der Waals surface area contributed by atoms with Crippen molar-refractivity contribution in [3.8, 4) is 11.8 Å². The van der Waals surface area contributed by atoms with Crippen LogP contribution in [0.5, 0.6) is 5.75 Å². The third-order valence-electron chi connectivity index (χ3n) is 26.6. The van der Waals surface area contributed by atoms with E-state index in [1.165, 1.54) is 66.6 Å². The number of aliphatic hydroxyl groups excluding tert-OH is 4. The fourth-order valence-electron chi connectivity index (χ4n) is 18.8. The van der Waals surface area contributed by atoms with Gasteiger partial charge < -0.3 is 82.0 Å². The summed E-state index contributed by atoms with van der Waals surface area (Å²) < 4.78 is 124. The van der Waals surface area contributed by atoms with Crippen LogP contribution in [0, 0.1) is 16.7 Å². The van der Waals surface area contributed by atoms with Crippen molar-refractivity contribution >= 4 is 148 Å². The first-order chi connectivity index (χ1) is 68.3. The first-order valence-electron chi connectivity index (χ1n) is 46.7. The van der Waals surface area contributed by atoms with E-state index < -0.39 is 45.7 Å². The number of nitriles is 1. The Morgan fingerprint density at radius 1 is 0.479 bits per heavy atom. The van der Waals surface area contributed by atoms with Crippen molar-refractivity contribution in [2.24, 2.45) is 5.41 Å². The van der Waals surface area contributed by atoms with Crippen molar-refractivity contribution in [1.82, 2.24) is 38.2 Å². The maximum absolute atomic E-state index is 13.2. The number of halogens is 5. The number of carbonyl (C=O) groups excluding carboxylic acids is 8. The number of carbonyl (C=O) groups is 8. The van der Waals surface area contributed by atoms with E-state index in [1.54, 1.807) is 67.8 Å². The van der Waals surface area contributed by atoms with Crippen LogP contribution in [0.25, 0.3) is 44.1 Å². The minimum atomic E-state index is -4.59. The minimum absolute atomic E-state index is 0.00182. The number of methoxy groups -OCH3 is 1. The SMILES string of the molecule is COc1cc2c(cc1N1CCOCC1=O)nc(NC(=O)c1cccc(C(F)(F)F)c1)n2CC1(CO)CC1.CS(=O)(=O)c1cccc(C(=O)Nc2nc3cc(N4CCOCC4=O)ccc3n2C2CCC(O)CC2)c1.N#Cc1cccc(C(=O)Nc2nc3cc(N4CCOCC4=O)ccc3n2C2CCC(O)CC2)c1.O=C(Nc1nc2cc(N3CCOCC3=O)ccc2n1C1CCC(O)CC1)c1cccc(C(F)F)c1. The van der Waals surface area contributed by atoms with Crippen molar-refractivity contribution in [2.45, 2.75) is 150 Å². The zero-order valence-corrected chi connectivity index (χ0v) is 78.3. The Morgan fingerprint density at radius 3 is 1.24 bits per heavy atom. The number of hydrogen-bond acceptors (Lipinski definition) is 24. The number of aliphatic hydroxyl groups is 4. The lowest BCUT2D eigenvalue weighted by Gasteiger charge is -2.28. The second-order valence-electron chi connectivity index (χ2n) is 36.2. The fraction of sp³-hybridized carbons (Fsp3) is 0.390. The molecule has 4 aliphatic heterocycles. The highest BCUT2D eigenvalue weighted by molar-refractivity contribution is 7.90. The van der Waals surface area contributed by atoms with Crippen LogP contribution >= 0.6 is 0 Å². The van der Waals surface area contributed by atoms with Crippen LogP contribution in [0.1, 0.15) is 173 Å². The van der Waals surface area contributed by atoms with E-state index in [4.69, 9.17) is 38.9 Å². The lowest BCUT2D eigenvalue weighted by atomic mass is 9.93. The Bertz CT molecular complexity index is 6970. The van der Waals surface area contributed by atoms with Gasteiger partial charge in [-0.1, -0.05) is 30.3 Å². The molecule has 142 heavy (non-hydrogen) atoms. The number of rotatable bonds is 21. The Labute approximate surface area is 810 Å². The number of nitrogens with one attached hydrogen (secondary N) is 4. The summed E-state index contributed by atoms with van der Waals surface area (Å²) in [5, 5.41) is 60.3. The third-order valence-corrected chi connectivity index (χ3v) is 27.8. The van der Waals surface area contributed by atoms with E-state index in [0.717, 1.165) is 79.2 Å². The Kier molecular flexibility index (Phi) is 30.0. The van der Waals surface area contributed by atoms with Gasteiger partial charge in [0.1, 0.15) is 32.2 Å². The number of ether oxygens (including phenoxy) is 5. The zero-order valence-electron chi connectivity index (χ0n) is 77.5. The smallest absolute Gasteiger partial charge is 0.416 e. The molecule has 0 spiro atoms. The third kappa shape index (κ3) is 22.5. The van der Waals surface area contributed by atoms with Gasteiger partial charge in [0, 0.05) is 113 Å². The van der Waals surface area contributed by atoms with Gasteiger partial charge in [-0.25, -0.2) is 37.1 Å². The van der Waals surface area contributed by atoms with E-state index in [9.17, 15) is 89.2 Å². The molecule has 0 unspecified atom stereocenters. The highest BCUT2D eigenvalue weighted by Crippen LogP contribution is 2.49. The summed E-state index contributed by atoms with van der Waals surface area (Å²) in [7, 11) is -1.99. The van der Waals surface area contributed by atoms with Gasteiger partial charge in [0.2, 0.25) is 23.8 Å². The summed E-state index contributed by atoms with van der Waals surface area (Å²) in [4.78, 5) is 127. The maximum Gasteiger partial charge on any atom is 0.416 e. The van der Waals surface area contributed by atoms with E-state index in [2.05, 4.69) is 37.3 Å². The van der Waals surface area contributed by atoms with Gasteiger partial charge in [0.05, 0.1) is 130 Å². The summed E-state index contributed by atoms with van der Waals surface area (Å²) in [6.45, 7) is 3.75. The molecule has 0 bridgehead atoms. The van der Waals surface area contributed by atoms with Crippen LogP contribution in [0.3, 0.4) is 0 Å². The number of amides is 8. The molecular formula is C100H104F5N17O19S. The number of morpholine rings is 4. The summed E-state index contributed by atoms with van der Waals surface area (Å²) >= 11 is 0. The maximum atomic E-state index is 13.2. The second-order valence-corrected chi connectivity index (χ2v) is 38.2. The number of nitrogens with zero attached hydrogens (tertiary/aromatic N) is 13. The number of alkyl halides is 5. The largest absolute Gasteiger partial charge is 0.494 e. The summed E-state index contributed by atoms with van der Waals surface area (Å²) in [5.74, 6) is -1.14. The summed E-state index contributed by atoms with van der Waals surface area (Å²) in [5.41, 5.74) is 7.38. The molecular weight excluding hydrogens is 1870 g/mol. The Balaban J connectivity index is 0.000000130. The van der Waals surface area contributed by atoms with Crippen molar-refractivity contribution < 1.29 is 113 Å². The van der Waals surface area contributed by atoms with Crippen LogP contribution in [-0.4, -0.2) is 232 Å². The van der Waals surface area contributed by atoms with E-state index in [-0.39, 0.29) is 138 Å². The molecule has 0 radical (unpaired) electrons. The average Bonchev–Trinajstić information content (AvgIpc) is 1.61. The zero-order chi connectivity index (χ0) is 100. The molecule has 8 aromatic carbocycles. The summed E-state index contributed by atoms with van der Waals surface area (Å²) in [6.07, 6.45) is 2.71. The molecule has 4 saturated carbocycles. The molecule has 42 heteroatoms. The predicted molar refractivity (Wildman–Crippen MR) is 513 cm³/mol. The summed E-state index contributed by atoms with van der Waals surface area (Å²) in [6, 6.07) is 44.2. The van der Waals surface area contributed by atoms with Crippen LogP contribution in [0.2, 0.25) is 0 Å². The number of imidazole rings is 4. The van der Waals surface area contributed by atoms with Crippen molar-refractivity contribution in [1.29, 1.82) is 5.26 Å². The van der Waals surface area contributed by atoms with Gasteiger partial charge >= 0.3 is 6.18 Å². The minimum Gasteiger partial charge on any atom is -0.494 e. The van der Waals surface area contributed by atoms with Gasteiger partial charge in [-0.3, -0.25) is 59.6 Å². The Hall–Kier alpha value is -14.0. The number of anilines is 8. The van der Waals surface area contributed by atoms with E-state index in [1.807, 2.05) is 62.2 Å². The van der Waals surface area contributed by atoms with E-state index >= 15 is 0 Å². The molecule has 8 amide bonds. The van der Waals surface area contributed by atoms with Crippen LogP contribution < -0.4 is 45.6 Å². The van der Waals surface area contributed by atoms with Crippen molar-refractivity contribution in [3.63, 3.8) is 0 Å². The first-order valence-corrected chi connectivity index (χ1v) is 48.6. The fourth-order valence-corrected chi connectivity index (χ4v) is 19.5. The average molecular weight is 1980 g/mol. The molecule has 4 aromatic heterocycles. The second kappa shape index (κ2) is 42.8. The molecule has 20 rings (SSSR count). The number of hydrogen-bond donors (Lipinski definition) is 8. The molecule has 4 aliphatic carbocycles. The number of fused-ring (bicyclic) bond motifs is 4. The number of benzene rings is 8. The molecule has 36 nitrogen and oxygen atoms in total. The van der Waals surface area contributed by atoms with Crippen LogP contribution in [-0.2, 0) is 60.7 Å². The van der Waals surface area contributed by atoms with Crippen LogP contribution in [0.15, 0.2) is 169 Å². The first kappa shape index (κ1) is 99.5. The lowest BCUT2D eigenvalue weighted by Crippen LogP contribution is -2.41. The van der Waals surface area contributed by atoms with Crippen LogP contribution in [0.4, 0.5) is 68.5 Å². The molecule has 8 heterocycles. The molecule has 8 aliphatic rings. The molecule has 8 fully saturated rings. The standard InChI is InChI=1S/C25H25F3N4O5.C25H26F2N4O4.C25H25N5O4.C25H28N4O6S/c1-36-20-11-18-17(10-19(20)31-7-8-37-12-21(31)34)29-23(32(18)13-24(14-33)5-6-24)30-22(35)15-3-2-4-16(9-15)25(26,27)28;26-23(27)15-2-1-3-16(12-15)24(34)29-25-28-20-13-18(30-10-11-35-14-22(30)33)6-9-21(20)31(25)17-4-7-19(32)8-5-17;26-14-16-2-1-3-17(12-16)24(33)28-25-27-21-13-19(29-10-11-34-15-23(29)32)6-9-22(21)30(25)18-4-7-20(31)8-5-18;1-36(33,34)20-4-2-3-16(13-20)24(32)27-25-26-21-14-18(28-11-12-35-15-23(28)31)7-10-22(21)29(25)17-5-8-19(30)9-6-17/h2-4,9-11,33H,5-8,12-14H2,1H3,(H,29,30,35);1-3,6,9,12-13,17,19,23,32H,4-5,7-8,10-11,14H2,(H,28,29,34);1-3,6,9,12-13,18,20,31H,4-5,7-8,10-11,15H2,(H,27,28,33);2-4,7,10,13-14,17,19,30H,5-6,8-9,11-12,15H2,1H3,(H,26,27,32). The quantitative estimate of drug-likeness (QED) is 0.0310. The molecule has 4 saturated heterocycles. The molecule has 0 atom stereocenters. The number of aromatic nitrogens is 8. The van der Waals surface area contributed by atoms with Gasteiger partial charge in [0.25, 0.3) is 53.7 Å². The Morgan fingerprint density at radius 2 is 0.852 bits per heavy atom. The monoisotopic (exact) mass is 1970 g/mol.